The summed E-state index contributed by atoms with van der Waals surface area (Å²) in [5.41, 5.74) is 2.21. The van der Waals surface area contributed by atoms with Gasteiger partial charge in [0.1, 0.15) is 0 Å². The van der Waals surface area contributed by atoms with E-state index in [9.17, 15) is 18.0 Å². The number of hydrogen-bond donors (Lipinski definition) is 2. The number of carbonyl (C=O) groups excluding carboxylic acids is 1. The maximum absolute atomic E-state index is 12.5. The largest absolute Gasteiger partial charge is 0.401 e. The summed E-state index contributed by atoms with van der Waals surface area (Å²) in [5.74, 6) is 0.312. The van der Waals surface area contributed by atoms with Crippen LogP contribution in [0.2, 0.25) is 0 Å². The van der Waals surface area contributed by atoms with Crippen molar-refractivity contribution in [2.75, 3.05) is 13.6 Å². The normalized spacial score (nSPS) is 21.5. The Bertz CT molecular complexity index is 635. The number of aromatic nitrogens is 2. The predicted molar refractivity (Wildman–Crippen MR) is 92.1 cm³/mol. The van der Waals surface area contributed by atoms with E-state index in [0.29, 0.717) is 30.9 Å². The van der Waals surface area contributed by atoms with Gasteiger partial charge in [-0.2, -0.15) is 18.3 Å². The van der Waals surface area contributed by atoms with Crippen LogP contribution in [0.5, 0.6) is 0 Å². The Kier molecular flexibility index (Phi) is 5.89. The van der Waals surface area contributed by atoms with Gasteiger partial charge >= 0.3 is 6.18 Å². The quantitative estimate of drug-likeness (QED) is 0.836. The Hall–Kier alpha value is -1.57. The molecular weight excluding hydrogens is 345 g/mol. The van der Waals surface area contributed by atoms with Gasteiger partial charge in [0.25, 0.3) is 5.91 Å². The van der Waals surface area contributed by atoms with E-state index in [4.69, 9.17) is 0 Å². The zero-order valence-electron chi connectivity index (χ0n) is 15.2. The average Bonchev–Trinajstić information content (AvgIpc) is 2.97. The van der Waals surface area contributed by atoms with Crippen LogP contribution in [0, 0.1) is 5.92 Å². The summed E-state index contributed by atoms with van der Waals surface area (Å²) in [7, 11) is 1.55. The lowest BCUT2D eigenvalue weighted by molar-refractivity contribution is -0.126. The molecule has 1 fully saturated rings. The SMILES string of the molecule is CNC(=O)c1nn(CC2CCCCC2)c2c1C[C@@H](NCC(F)(F)F)CC2. The van der Waals surface area contributed by atoms with Crippen LogP contribution in [-0.4, -0.2) is 41.5 Å². The molecule has 3 rings (SSSR count). The van der Waals surface area contributed by atoms with Crippen molar-refractivity contribution < 1.29 is 18.0 Å². The molecule has 1 heterocycles. The molecule has 0 bridgehead atoms. The molecular formula is C18H27F3N4O. The topological polar surface area (TPSA) is 59.0 Å². The van der Waals surface area contributed by atoms with Crippen LogP contribution in [0.3, 0.4) is 0 Å². The van der Waals surface area contributed by atoms with Crippen LogP contribution in [0.1, 0.15) is 60.3 Å². The molecule has 1 aromatic rings. The Morgan fingerprint density at radius 3 is 2.62 bits per heavy atom. The first-order chi connectivity index (χ1) is 12.4. The van der Waals surface area contributed by atoms with E-state index >= 15 is 0 Å². The van der Waals surface area contributed by atoms with Crippen LogP contribution in [0.15, 0.2) is 0 Å². The van der Waals surface area contributed by atoms with Gasteiger partial charge in [0, 0.05) is 30.9 Å². The summed E-state index contributed by atoms with van der Waals surface area (Å²) in [5, 5.41) is 9.74. The second-order valence-electron chi connectivity index (χ2n) is 7.47. The van der Waals surface area contributed by atoms with Crippen molar-refractivity contribution in [1.82, 2.24) is 20.4 Å². The summed E-state index contributed by atoms with van der Waals surface area (Å²) >= 11 is 0. The Morgan fingerprint density at radius 1 is 1.23 bits per heavy atom. The summed E-state index contributed by atoms with van der Waals surface area (Å²) in [6.45, 7) is -0.196. The fraction of sp³-hybridized carbons (Fsp3) is 0.778. The zero-order valence-corrected chi connectivity index (χ0v) is 15.2. The molecule has 1 atom stereocenters. The van der Waals surface area contributed by atoms with Crippen molar-refractivity contribution >= 4 is 5.91 Å². The first-order valence-electron chi connectivity index (χ1n) is 9.48. The highest BCUT2D eigenvalue weighted by Crippen LogP contribution is 2.29. The maximum atomic E-state index is 12.5. The third-order valence-corrected chi connectivity index (χ3v) is 5.54. The number of nitrogens with one attached hydrogen (secondary N) is 2. The molecule has 8 heteroatoms. The lowest BCUT2D eigenvalue weighted by atomic mass is 9.88. The average molecular weight is 372 g/mol. The first-order valence-corrected chi connectivity index (χ1v) is 9.48. The lowest BCUT2D eigenvalue weighted by Gasteiger charge is -2.26. The third-order valence-electron chi connectivity index (χ3n) is 5.54. The molecule has 5 nitrogen and oxygen atoms in total. The fourth-order valence-electron chi connectivity index (χ4n) is 4.19. The standard InChI is InChI=1S/C18H27F3N4O/c1-22-17(26)16-14-9-13(23-11-18(19,20)21)7-8-15(14)25(24-16)10-12-5-3-2-4-6-12/h12-13,23H,2-11H2,1H3,(H,22,26)/t13-/m0/s1. The van der Waals surface area contributed by atoms with E-state index in [1.54, 1.807) is 7.05 Å². The third kappa shape index (κ3) is 4.58. The molecule has 0 aromatic carbocycles. The van der Waals surface area contributed by atoms with Gasteiger partial charge in [-0.05, 0) is 38.0 Å². The van der Waals surface area contributed by atoms with Crippen molar-refractivity contribution in [3.63, 3.8) is 0 Å². The molecule has 1 saturated carbocycles. The smallest absolute Gasteiger partial charge is 0.354 e. The predicted octanol–water partition coefficient (Wildman–Crippen LogP) is 2.83. The number of carbonyl (C=O) groups is 1. The molecule has 0 radical (unpaired) electrons. The summed E-state index contributed by atoms with van der Waals surface area (Å²) in [6.07, 6.45) is 3.59. The van der Waals surface area contributed by atoms with E-state index in [1.165, 1.54) is 32.1 Å². The van der Waals surface area contributed by atoms with Gasteiger partial charge in [0.15, 0.2) is 5.69 Å². The van der Waals surface area contributed by atoms with Crippen LogP contribution in [0.4, 0.5) is 13.2 Å². The number of amides is 1. The van der Waals surface area contributed by atoms with Crippen molar-refractivity contribution in [2.24, 2.45) is 5.92 Å². The second-order valence-corrected chi connectivity index (χ2v) is 7.47. The Morgan fingerprint density at radius 2 is 1.96 bits per heavy atom. The van der Waals surface area contributed by atoms with Gasteiger partial charge in [-0.25, -0.2) is 0 Å². The molecule has 1 amide bonds. The van der Waals surface area contributed by atoms with Crippen molar-refractivity contribution in [3.05, 3.63) is 17.0 Å². The second kappa shape index (κ2) is 7.98. The number of alkyl halides is 3. The van der Waals surface area contributed by atoms with Gasteiger partial charge < -0.3 is 10.6 Å². The highest BCUT2D eigenvalue weighted by Gasteiger charge is 2.32. The van der Waals surface area contributed by atoms with Gasteiger partial charge in [0.2, 0.25) is 0 Å². The molecule has 0 spiro atoms. The van der Waals surface area contributed by atoms with Crippen molar-refractivity contribution in [1.29, 1.82) is 0 Å². The minimum absolute atomic E-state index is 0.264. The van der Waals surface area contributed by atoms with Gasteiger partial charge in [0.05, 0.1) is 6.54 Å². The highest BCUT2D eigenvalue weighted by atomic mass is 19.4. The van der Waals surface area contributed by atoms with Crippen molar-refractivity contribution in [2.45, 2.75) is 70.1 Å². The fourth-order valence-corrected chi connectivity index (χ4v) is 4.19. The van der Waals surface area contributed by atoms with E-state index < -0.39 is 12.7 Å². The molecule has 0 aliphatic heterocycles. The van der Waals surface area contributed by atoms with E-state index in [0.717, 1.165) is 17.8 Å². The lowest BCUT2D eigenvalue weighted by Crippen LogP contribution is -2.40. The summed E-state index contributed by atoms with van der Waals surface area (Å²) < 4.78 is 39.4. The van der Waals surface area contributed by atoms with Crippen LogP contribution in [0.25, 0.3) is 0 Å². The van der Waals surface area contributed by atoms with E-state index in [1.807, 2.05) is 4.68 Å². The van der Waals surface area contributed by atoms with E-state index in [2.05, 4.69) is 15.7 Å². The maximum Gasteiger partial charge on any atom is 0.401 e. The summed E-state index contributed by atoms with van der Waals surface area (Å²) in [4.78, 5) is 12.2. The molecule has 26 heavy (non-hydrogen) atoms. The minimum Gasteiger partial charge on any atom is -0.354 e. The molecule has 1 aromatic heterocycles. The minimum atomic E-state index is -4.23. The van der Waals surface area contributed by atoms with Crippen LogP contribution >= 0.6 is 0 Å². The first kappa shape index (κ1) is 19.2. The highest BCUT2D eigenvalue weighted by molar-refractivity contribution is 5.93. The molecule has 2 aliphatic rings. The van der Waals surface area contributed by atoms with E-state index in [-0.39, 0.29) is 11.9 Å². The molecule has 0 unspecified atom stereocenters. The van der Waals surface area contributed by atoms with Crippen molar-refractivity contribution in [3.8, 4) is 0 Å². The number of halogens is 3. The molecule has 2 aliphatic carbocycles. The number of hydrogen-bond acceptors (Lipinski definition) is 3. The van der Waals surface area contributed by atoms with Crippen LogP contribution < -0.4 is 10.6 Å². The molecule has 0 saturated heterocycles. The Balaban J connectivity index is 1.77. The van der Waals surface area contributed by atoms with Gasteiger partial charge in [-0.3, -0.25) is 9.48 Å². The molecule has 146 valence electrons. The molecule has 2 N–H and O–H groups in total. The number of fused-ring (bicyclic) bond motifs is 1. The van der Waals surface area contributed by atoms with Gasteiger partial charge in [-0.1, -0.05) is 19.3 Å². The van der Waals surface area contributed by atoms with Gasteiger partial charge in [-0.15, -0.1) is 0 Å². The zero-order chi connectivity index (χ0) is 18.7. The van der Waals surface area contributed by atoms with Crippen LogP contribution in [-0.2, 0) is 19.4 Å². The number of rotatable bonds is 5. The number of nitrogens with zero attached hydrogens (tertiary/aromatic N) is 2. The summed E-state index contributed by atoms with van der Waals surface area (Å²) in [6, 6.07) is -0.278. The Labute approximate surface area is 151 Å². The monoisotopic (exact) mass is 372 g/mol.